The van der Waals surface area contributed by atoms with Crippen LogP contribution in [0.2, 0.25) is 5.02 Å². The predicted molar refractivity (Wildman–Crippen MR) is 137 cm³/mol. The van der Waals surface area contributed by atoms with Crippen LogP contribution in [0.3, 0.4) is 0 Å². The maximum Gasteiger partial charge on any atom is 0.307 e. The molecule has 0 saturated carbocycles. The van der Waals surface area contributed by atoms with Crippen molar-refractivity contribution in [2.24, 2.45) is 5.92 Å². The predicted octanol–water partition coefficient (Wildman–Crippen LogP) is 4.66. The van der Waals surface area contributed by atoms with Gasteiger partial charge >= 0.3 is 5.97 Å². The van der Waals surface area contributed by atoms with Crippen LogP contribution in [-0.2, 0) is 24.2 Å². The normalized spacial score (nSPS) is 21.3. The zero-order chi connectivity index (χ0) is 21.8. The van der Waals surface area contributed by atoms with Crippen LogP contribution in [-0.4, -0.2) is 46.8 Å². The molecule has 0 spiro atoms. The fraction of sp³-hybridized carbons (Fsp3) is 0.480. The maximum atomic E-state index is 11.3. The van der Waals surface area contributed by atoms with Gasteiger partial charge in [-0.2, -0.15) is 0 Å². The quantitative estimate of drug-likeness (QED) is 0.500. The third-order valence-electron chi connectivity index (χ3n) is 6.59. The van der Waals surface area contributed by atoms with E-state index < -0.39 is 12.1 Å². The van der Waals surface area contributed by atoms with Crippen LogP contribution in [0.4, 0.5) is 0 Å². The average Bonchev–Trinajstić information content (AvgIpc) is 2.77. The fourth-order valence-electron chi connectivity index (χ4n) is 4.85. The van der Waals surface area contributed by atoms with E-state index in [1.165, 1.54) is 16.7 Å². The first-order chi connectivity index (χ1) is 15.0. The number of aliphatic hydroxyl groups is 1. The van der Waals surface area contributed by atoms with Gasteiger partial charge in [0.2, 0.25) is 0 Å². The Morgan fingerprint density at radius 1 is 1.15 bits per heavy atom. The Hall–Kier alpha value is -1.34. The number of benzene rings is 2. The second kappa shape index (κ2) is 12.9. The number of carboxylic acid groups (broad SMARTS) is 1. The summed E-state index contributed by atoms with van der Waals surface area (Å²) in [6.45, 7) is 2.91. The number of rotatable bonds is 7. The Balaban J connectivity index is 0.00000193. The molecule has 1 aliphatic carbocycles. The molecule has 3 atom stereocenters. The van der Waals surface area contributed by atoms with Gasteiger partial charge in [-0.15, -0.1) is 24.8 Å². The molecule has 1 aliphatic heterocycles. The molecule has 2 aromatic carbocycles. The summed E-state index contributed by atoms with van der Waals surface area (Å²) >= 11 is 6.04. The summed E-state index contributed by atoms with van der Waals surface area (Å²) in [5.74, 6) is -0.921. The van der Waals surface area contributed by atoms with Gasteiger partial charge in [0.25, 0.3) is 0 Å². The van der Waals surface area contributed by atoms with Crippen LogP contribution in [0.1, 0.15) is 47.6 Å². The number of nitrogens with one attached hydrogen (secondary N) is 1. The summed E-state index contributed by atoms with van der Waals surface area (Å²) in [5.41, 5.74) is 4.86. The fourth-order valence-corrected chi connectivity index (χ4v) is 5.05. The van der Waals surface area contributed by atoms with E-state index in [-0.39, 0.29) is 30.7 Å². The van der Waals surface area contributed by atoms with Crippen LogP contribution >= 0.6 is 36.4 Å². The molecule has 0 amide bonds. The topological polar surface area (TPSA) is 72.8 Å². The summed E-state index contributed by atoms with van der Waals surface area (Å²) < 4.78 is 0. The third-order valence-corrected chi connectivity index (χ3v) is 6.83. The molecule has 0 bridgehead atoms. The lowest BCUT2D eigenvalue weighted by Crippen LogP contribution is -2.38. The number of likely N-dealkylation sites (tertiary alicyclic amines) is 1. The van der Waals surface area contributed by atoms with Gasteiger partial charge in [-0.25, -0.2) is 0 Å². The van der Waals surface area contributed by atoms with Crippen molar-refractivity contribution in [2.45, 2.75) is 50.8 Å². The highest BCUT2D eigenvalue weighted by Crippen LogP contribution is 2.25. The van der Waals surface area contributed by atoms with Gasteiger partial charge in [-0.3, -0.25) is 9.69 Å². The number of hydrogen-bond acceptors (Lipinski definition) is 4. The van der Waals surface area contributed by atoms with Crippen molar-refractivity contribution in [3.8, 4) is 0 Å². The highest BCUT2D eigenvalue weighted by atomic mass is 35.5. The Bertz CT molecular complexity index is 928. The number of nitrogens with zero attached hydrogens (tertiary/aromatic N) is 1. The molecule has 182 valence electrons. The van der Waals surface area contributed by atoms with Gasteiger partial charge < -0.3 is 15.5 Å². The van der Waals surface area contributed by atoms with Gasteiger partial charge in [0.15, 0.2) is 0 Å². The van der Waals surface area contributed by atoms with Crippen molar-refractivity contribution < 1.29 is 15.0 Å². The van der Waals surface area contributed by atoms with Gasteiger partial charge in [-0.1, -0.05) is 41.9 Å². The molecular weight excluding hydrogens is 483 g/mol. The summed E-state index contributed by atoms with van der Waals surface area (Å²) in [4.78, 5) is 13.6. The van der Waals surface area contributed by atoms with Crippen molar-refractivity contribution in [1.29, 1.82) is 0 Å². The standard InChI is InChI=1S/C25H31ClN2O3.2ClH/c26-22-5-1-3-19(12-22)24(29)14-27-23-9-8-18-7-6-17(11-21(18)13-23)15-28-10-2-4-20(16-28)25(30)31;;/h1,3,5-7,11-12,20,23-24,27,29H,2,4,8-10,13-16H2,(H,30,31);2*1H/t20?,23-,24+;;/m0../s1. The number of aliphatic carboxylic acids is 1. The number of aliphatic hydroxyl groups excluding tert-OH is 1. The Labute approximate surface area is 213 Å². The lowest BCUT2D eigenvalue weighted by Gasteiger charge is -2.31. The highest BCUT2D eigenvalue weighted by molar-refractivity contribution is 6.30. The van der Waals surface area contributed by atoms with Crippen LogP contribution in [0.15, 0.2) is 42.5 Å². The Kier molecular flexibility index (Phi) is 10.9. The first-order valence-electron chi connectivity index (χ1n) is 11.2. The Morgan fingerprint density at radius 3 is 2.73 bits per heavy atom. The van der Waals surface area contributed by atoms with E-state index >= 15 is 0 Å². The molecule has 5 nitrogen and oxygen atoms in total. The minimum atomic E-state index is -0.677. The van der Waals surface area contributed by atoms with E-state index in [4.69, 9.17) is 11.6 Å². The number of halogens is 3. The Morgan fingerprint density at radius 2 is 1.97 bits per heavy atom. The summed E-state index contributed by atoms with van der Waals surface area (Å²) in [5, 5.41) is 24.0. The second-order valence-corrected chi connectivity index (χ2v) is 9.37. The second-order valence-electron chi connectivity index (χ2n) is 8.93. The van der Waals surface area contributed by atoms with E-state index in [0.29, 0.717) is 24.2 Å². The van der Waals surface area contributed by atoms with Crippen LogP contribution in [0.5, 0.6) is 0 Å². The molecule has 33 heavy (non-hydrogen) atoms. The highest BCUT2D eigenvalue weighted by Gasteiger charge is 2.26. The summed E-state index contributed by atoms with van der Waals surface area (Å²) in [6.07, 6.45) is 4.19. The molecule has 1 saturated heterocycles. The minimum Gasteiger partial charge on any atom is -0.481 e. The minimum absolute atomic E-state index is 0. The van der Waals surface area contributed by atoms with Gasteiger partial charge in [0.1, 0.15) is 0 Å². The van der Waals surface area contributed by atoms with E-state index in [1.54, 1.807) is 0 Å². The van der Waals surface area contributed by atoms with Gasteiger partial charge in [-0.05, 0) is 73.0 Å². The summed E-state index contributed by atoms with van der Waals surface area (Å²) in [6, 6.07) is 14.4. The van der Waals surface area contributed by atoms with Gasteiger partial charge in [0, 0.05) is 30.7 Å². The average molecular weight is 516 g/mol. The molecule has 0 radical (unpaired) electrons. The molecular formula is C25H33Cl3N2O3. The van der Waals surface area contributed by atoms with Crippen molar-refractivity contribution in [3.05, 3.63) is 69.7 Å². The van der Waals surface area contributed by atoms with E-state index in [1.807, 2.05) is 24.3 Å². The molecule has 3 N–H and O–H groups in total. The number of carbonyl (C=O) groups is 1. The number of piperidine rings is 1. The first-order valence-corrected chi connectivity index (χ1v) is 11.6. The molecule has 1 unspecified atom stereocenters. The largest absolute Gasteiger partial charge is 0.481 e. The van der Waals surface area contributed by atoms with Gasteiger partial charge in [0.05, 0.1) is 12.0 Å². The molecule has 0 aromatic heterocycles. The first kappa shape index (κ1) is 27.9. The number of hydrogen-bond donors (Lipinski definition) is 3. The van der Waals surface area contributed by atoms with Crippen molar-refractivity contribution in [1.82, 2.24) is 10.2 Å². The van der Waals surface area contributed by atoms with Crippen LogP contribution in [0, 0.1) is 5.92 Å². The monoisotopic (exact) mass is 514 g/mol. The van der Waals surface area contributed by atoms with E-state index in [9.17, 15) is 15.0 Å². The molecule has 1 heterocycles. The number of carboxylic acids is 1. The van der Waals surface area contributed by atoms with Crippen LogP contribution < -0.4 is 5.32 Å². The molecule has 1 fully saturated rings. The smallest absolute Gasteiger partial charge is 0.307 e. The molecule has 2 aromatic rings. The SMILES string of the molecule is Cl.Cl.O=C(O)C1CCCN(Cc2ccc3c(c2)C[C@@H](NC[C@@H](O)c2cccc(Cl)c2)CC3)C1. The van der Waals surface area contributed by atoms with Crippen molar-refractivity contribution in [3.63, 3.8) is 0 Å². The van der Waals surface area contributed by atoms with Crippen LogP contribution in [0.25, 0.3) is 0 Å². The number of aryl methyl sites for hydroxylation is 1. The van der Waals surface area contributed by atoms with Crippen molar-refractivity contribution >= 4 is 42.4 Å². The third kappa shape index (κ3) is 7.57. The molecule has 4 rings (SSSR count). The molecule has 2 aliphatic rings. The molecule has 8 heteroatoms. The van der Waals surface area contributed by atoms with E-state index in [2.05, 4.69) is 28.4 Å². The lowest BCUT2D eigenvalue weighted by molar-refractivity contribution is -0.143. The van der Waals surface area contributed by atoms with E-state index in [0.717, 1.165) is 50.8 Å². The lowest BCUT2D eigenvalue weighted by atomic mass is 9.87. The number of fused-ring (bicyclic) bond motifs is 1. The summed E-state index contributed by atoms with van der Waals surface area (Å²) in [7, 11) is 0. The zero-order valence-corrected chi connectivity index (χ0v) is 21.0. The zero-order valence-electron chi connectivity index (χ0n) is 18.6. The van der Waals surface area contributed by atoms with Crippen molar-refractivity contribution in [2.75, 3.05) is 19.6 Å². The maximum absolute atomic E-state index is 11.3.